The van der Waals surface area contributed by atoms with Crippen LogP contribution in [0.25, 0.3) is 0 Å². The Morgan fingerprint density at radius 2 is 1.41 bits per heavy atom. The van der Waals surface area contributed by atoms with E-state index < -0.39 is 11.9 Å². The minimum absolute atomic E-state index is 0.0147. The zero-order valence-corrected chi connectivity index (χ0v) is 11.7. The highest BCUT2D eigenvalue weighted by atomic mass is 35.5. The van der Waals surface area contributed by atoms with Crippen molar-refractivity contribution in [2.45, 2.75) is 0 Å². The molecule has 0 heterocycles. The number of aromatic carboxylic acids is 2. The van der Waals surface area contributed by atoms with Gasteiger partial charge in [0.15, 0.2) is 0 Å². The molecule has 7 nitrogen and oxygen atoms in total. The highest BCUT2D eigenvalue weighted by Crippen LogP contribution is 2.27. The molecule has 0 aliphatic rings. The van der Waals surface area contributed by atoms with Crippen LogP contribution >= 0.6 is 11.6 Å². The third kappa shape index (κ3) is 3.39. The first-order valence-electron chi connectivity index (χ1n) is 5.89. The molecule has 0 fully saturated rings. The fourth-order valence-electron chi connectivity index (χ4n) is 1.61. The summed E-state index contributed by atoms with van der Waals surface area (Å²) in [5.74, 6) is -2.82. The van der Waals surface area contributed by atoms with E-state index in [1.807, 2.05) is 0 Å². The maximum atomic E-state index is 10.9. The molecule has 0 radical (unpaired) electrons. The molecule has 0 spiro atoms. The smallest absolute Gasteiger partial charge is 0.339 e. The molecule has 8 heteroatoms. The molecule has 0 saturated carbocycles. The Balaban J connectivity index is 2.29. The van der Waals surface area contributed by atoms with E-state index >= 15 is 0 Å². The van der Waals surface area contributed by atoms with Gasteiger partial charge in [0.25, 0.3) is 0 Å². The van der Waals surface area contributed by atoms with Crippen molar-refractivity contribution in [3.63, 3.8) is 0 Å². The molecule has 2 aromatic rings. The van der Waals surface area contributed by atoms with Crippen molar-refractivity contribution < 1.29 is 24.9 Å². The Bertz CT molecular complexity index is 789. The molecule has 0 bridgehead atoms. The lowest BCUT2D eigenvalue weighted by Gasteiger charge is -2.01. The summed E-state index contributed by atoms with van der Waals surface area (Å²) in [7, 11) is 0. The van der Waals surface area contributed by atoms with E-state index in [-0.39, 0.29) is 27.6 Å². The van der Waals surface area contributed by atoms with Crippen molar-refractivity contribution >= 4 is 34.9 Å². The molecule has 0 aliphatic heterocycles. The summed E-state index contributed by atoms with van der Waals surface area (Å²) in [5, 5.41) is 34.8. The van der Waals surface area contributed by atoms with E-state index in [0.29, 0.717) is 5.69 Å². The van der Waals surface area contributed by atoms with Crippen molar-refractivity contribution in [3.05, 3.63) is 52.5 Å². The summed E-state index contributed by atoms with van der Waals surface area (Å²) in [6.07, 6.45) is 0. The van der Waals surface area contributed by atoms with Gasteiger partial charge in [-0.2, -0.15) is 10.2 Å². The van der Waals surface area contributed by atoms with Crippen LogP contribution in [0.4, 0.5) is 11.4 Å². The predicted octanol–water partition coefficient (Wildman–Crippen LogP) is 3.86. The molecule has 0 unspecified atom stereocenters. The molecule has 2 aromatic carbocycles. The van der Waals surface area contributed by atoms with Gasteiger partial charge in [-0.25, -0.2) is 9.59 Å². The summed E-state index contributed by atoms with van der Waals surface area (Å²) in [5.41, 5.74) is 0.169. The number of carbonyl (C=O) groups is 2. The number of carboxylic acid groups (broad SMARTS) is 2. The molecular formula is C14H9ClN2O5. The van der Waals surface area contributed by atoms with E-state index in [2.05, 4.69) is 10.2 Å². The minimum Gasteiger partial charge on any atom is -0.507 e. The molecule has 112 valence electrons. The van der Waals surface area contributed by atoms with Crippen LogP contribution in [0.1, 0.15) is 20.7 Å². The summed E-state index contributed by atoms with van der Waals surface area (Å²) < 4.78 is 0. The maximum Gasteiger partial charge on any atom is 0.339 e. The van der Waals surface area contributed by atoms with E-state index in [1.54, 1.807) is 0 Å². The fourth-order valence-corrected chi connectivity index (χ4v) is 1.87. The summed E-state index contributed by atoms with van der Waals surface area (Å²) in [6, 6.07) is 7.77. The largest absolute Gasteiger partial charge is 0.507 e. The maximum absolute atomic E-state index is 10.9. The molecule has 0 aromatic heterocycles. The molecule has 0 saturated heterocycles. The van der Waals surface area contributed by atoms with Crippen LogP contribution in [0.2, 0.25) is 5.02 Å². The van der Waals surface area contributed by atoms with Gasteiger partial charge in [0.2, 0.25) is 0 Å². The summed E-state index contributed by atoms with van der Waals surface area (Å²) in [4.78, 5) is 21.7. The molecule has 0 amide bonds. The van der Waals surface area contributed by atoms with Crippen LogP contribution in [0.15, 0.2) is 46.6 Å². The Hall–Kier alpha value is -2.93. The monoisotopic (exact) mass is 320 g/mol. The lowest BCUT2D eigenvalue weighted by molar-refractivity contribution is 0.0684. The number of rotatable bonds is 4. The average molecular weight is 321 g/mol. The Morgan fingerprint density at radius 3 is 1.95 bits per heavy atom. The number of benzene rings is 2. The molecular weight excluding hydrogens is 312 g/mol. The highest BCUT2D eigenvalue weighted by Gasteiger charge is 2.10. The number of hydrogen-bond acceptors (Lipinski definition) is 5. The number of azo groups is 1. The topological polar surface area (TPSA) is 120 Å². The summed E-state index contributed by atoms with van der Waals surface area (Å²) in [6.45, 7) is 0. The number of carboxylic acids is 2. The third-order valence-electron chi connectivity index (χ3n) is 2.67. The summed E-state index contributed by atoms with van der Waals surface area (Å²) >= 11 is 5.80. The molecule has 0 aliphatic carbocycles. The second-order valence-electron chi connectivity index (χ2n) is 4.18. The fraction of sp³-hybridized carbons (Fsp3) is 0. The molecule has 2 rings (SSSR count). The van der Waals surface area contributed by atoms with E-state index in [0.717, 1.165) is 6.07 Å². The van der Waals surface area contributed by atoms with Crippen LogP contribution in [0.3, 0.4) is 0 Å². The van der Waals surface area contributed by atoms with Gasteiger partial charge in [-0.1, -0.05) is 11.6 Å². The van der Waals surface area contributed by atoms with E-state index in [4.69, 9.17) is 21.8 Å². The van der Waals surface area contributed by atoms with Gasteiger partial charge in [-0.05, 0) is 36.4 Å². The lowest BCUT2D eigenvalue weighted by atomic mass is 10.2. The Morgan fingerprint density at radius 1 is 0.864 bits per heavy atom. The first-order chi connectivity index (χ1) is 10.4. The Labute approximate surface area is 129 Å². The van der Waals surface area contributed by atoms with Crippen LogP contribution in [0, 0.1) is 0 Å². The standard InChI is InChI=1S/C14H9ClN2O5/c15-11-6-8(1-3-9(11)13(19)20)17-16-7-2-4-12(18)10(5-7)14(21)22/h1-6,18H,(H,19,20)(H,21,22). The van der Waals surface area contributed by atoms with E-state index in [9.17, 15) is 14.7 Å². The lowest BCUT2D eigenvalue weighted by Crippen LogP contribution is -1.96. The zero-order valence-electron chi connectivity index (χ0n) is 10.9. The number of phenols is 1. The van der Waals surface area contributed by atoms with Crippen molar-refractivity contribution in [1.82, 2.24) is 0 Å². The second-order valence-corrected chi connectivity index (χ2v) is 4.58. The highest BCUT2D eigenvalue weighted by molar-refractivity contribution is 6.33. The zero-order chi connectivity index (χ0) is 16.3. The normalized spacial score (nSPS) is 10.8. The number of nitrogens with zero attached hydrogens (tertiary/aromatic N) is 2. The minimum atomic E-state index is -1.29. The quantitative estimate of drug-likeness (QED) is 0.739. The van der Waals surface area contributed by atoms with Gasteiger partial charge in [0.1, 0.15) is 11.3 Å². The van der Waals surface area contributed by atoms with Crippen LogP contribution in [-0.4, -0.2) is 27.3 Å². The number of hydrogen-bond donors (Lipinski definition) is 3. The molecule has 3 N–H and O–H groups in total. The predicted molar refractivity (Wildman–Crippen MR) is 77.7 cm³/mol. The van der Waals surface area contributed by atoms with Crippen molar-refractivity contribution in [2.24, 2.45) is 10.2 Å². The van der Waals surface area contributed by atoms with Crippen molar-refractivity contribution in [3.8, 4) is 5.75 Å². The van der Waals surface area contributed by atoms with Gasteiger partial charge in [-0.3, -0.25) is 0 Å². The SMILES string of the molecule is O=C(O)c1cc(N=Nc2ccc(C(=O)O)c(Cl)c2)ccc1O. The molecule has 0 atom stereocenters. The van der Waals surface area contributed by atoms with E-state index in [1.165, 1.54) is 30.3 Å². The first kappa shape index (κ1) is 15.5. The van der Waals surface area contributed by atoms with Gasteiger partial charge < -0.3 is 15.3 Å². The van der Waals surface area contributed by atoms with Gasteiger partial charge in [0.05, 0.1) is 22.0 Å². The van der Waals surface area contributed by atoms with Gasteiger partial charge >= 0.3 is 11.9 Å². The average Bonchev–Trinajstić information content (AvgIpc) is 2.45. The van der Waals surface area contributed by atoms with Gasteiger partial charge in [-0.15, -0.1) is 0 Å². The number of aromatic hydroxyl groups is 1. The van der Waals surface area contributed by atoms with Crippen LogP contribution in [-0.2, 0) is 0 Å². The van der Waals surface area contributed by atoms with Crippen molar-refractivity contribution in [1.29, 1.82) is 0 Å². The third-order valence-corrected chi connectivity index (χ3v) is 2.99. The van der Waals surface area contributed by atoms with Crippen LogP contribution in [0.5, 0.6) is 5.75 Å². The number of halogens is 1. The van der Waals surface area contributed by atoms with Gasteiger partial charge in [0, 0.05) is 0 Å². The van der Waals surface area contributed by atoms with Crippen LogP contribution < -0.4 is 0 Å². The first-order valence-corrected chi connectivity index (χ1v) is 6.27. The second kappa shape index (κ2) is 6.23. The van der Waals surface area contributed by atoms with Crippen molar-refractivity contribution in [2.75, 3.05) is 0 Å². The molecule has 22 heavy (non-hydrogen) atoms. The Kier molecular flexibility index (Phi) is 4.38.